The van der Waals surface area contributed by atoms with Gasteiger partial charge in [0.25, 0.3) is 0 Å². The Hall–Kier alpha value is -2.13. The zero-order chi connectivity index (χ0) is 19.9. The Morgan fingerprint density at radius 1 is 1.19 bits per heavy atom. The van der Waals surface area contributed by atoms with Crippen LogP contribution in [0.5, 0.6) is 0 Å². The fourth-order valence-electron chi connectivity index (χ4n) is 4.63. The summed E-state index contributed by atoms with van der Waals surface area (Å²) in [6.07, 6.45) is -4.86. The first-order valence-electron chi connectivity index (χ1n) is 8.49. The molecular weight excluding hydrogens is 376 g/mol. The smallest absolute Gasteiger partial charge is 0.346 e. The third kappa shape index (κ3) is 2.34. The van der Waals surface area contributed by atoms with Crippen LogP contribution in [-0.2, 0) is 28.6 Å². The van der Waals surface area contributed by atoms with Crippen molar-refractivity contribution in [1.82, 2.24) is 0 Å². The van der Waals surface area contributed by atoms with Gasteiger partial charge in [0.05, 0.1) is 18.3 Å². The van der Waals surface area contributed by atoms with E-state index >= 15 is 0 Å². The Labute approximate surface area is 150 Å². The predicted molar refractivity (Wildman–Crippen MR) is 77.5 cm³/mol. The number of rotatable bonds is 4. The molecule has 1 saturated heterocycles. The van der Waals surface area contributed by atoms with E-state index in [2.05, 4.69) is 11.3 Å². The molecule has 4 rings (SSSR count). The Morgan fingerprint density at radius 3 is 2.41 bits per heavy atom. The second kappa shape index (κ2) is 5.45. The van der Waals surface area contributed by atoms with Crippen LogP contribution < -0.4 is 0 Å². The number of alkyl halides is 4. The standard InChI is InChI=1S/C17H16F4O6/c1-5(2)13(22)26-11-6-3-7-10(15(24)27-12(7)11)9(6)14(23)25-8-4-16(18,19)17(8,20)21/h6-12H,1,3-4H2,2H3. The van der Waals surface area contributed by atoms with E-state index in [4.69, 9.17) is 9.47 Å². The summed E-state index contributed by atoms with van der Waals surface area (Å²) in [5.41, 5.74) is 0.106. The van der Waals surface area contributed by atoms with Crippen LogP contribution in [0.25, 0.3) is 0 Å². The van der Waals surface area contributed by atoms with Gasteiger partial charge in [0.15, 0.2) is 6.10 Å². The first-order valence-corrected chi connectivity index (χ1v) is 8.49. The molecule has 3 saturated carbocycles. The Bertz CT molecular complexity index is 750. The van der Waals surface area contributed by atoms with Gasteiger partial charge in [-0.15, -0.1) is 0 Å². The van der Waals surface area contributed by atoms with E-state index in [0.717, 1.165) is 0 Å². The average molecular weight is 392 g/mol. The molecule has 0 N–H and O–H groups in total. The maximum Gasteiger partial charge on any atom is 0.346 e. The molecule has 0 aromatic carbocycles. The lowest BCUT2D eigenvalue weighted by atomic mass is 9.78. The molecule has 7 unspecified atom stereocenters. The van der Waals surface area contributed by atoms with Crippen LogP contribution in [0.2, 0.25) is 0 Å². The summed E-state index contributed by atoms with van der Waals surface area (Å²) in [4.78, 5) is 36.4. The molecule has 27 heavy (non-hydrogen) atoms. The third-order valence-electron chi connectivity index (χ3n) is 6.00. The molecule has 4 fully saturated rings. The largest absolute Gasteiger partial charge is 0.458 e. The van der Waals surface area contributed by atoms with Crippen molar-refractivity contribution >= 4 is 17.9 Å². The van der Waals surface area contributed by atoms with Gasteiger partial charge in [-0.3, -0.25) is 9.59 Å². The van der Waals surface area contributed by atoms with Crippen molar-refractivity contribution in [2.45, 2.75) is 49.9 Å². The van der Waals surface area contributed by atoms with Crippen LogP contribution in [0.15, 0.2) is 12.2 Å². The summed E-state index contributed by atoms with van der Waals surface area (Å²) in [6, 6.07) is 0. The molecule has 1 aliphatic heterocycles. The molecule has 0 spiro atoms. The van der Waals surface area contributed by atoms with Crippen molar-refractivity contribution in [3.63, 3.8) is 0 Å². The number of ether oxygens (including phenoxy) is 3. The number of esters is 3. The number of hydrogen-bond acceptors (Lipinski definition) is 6. The van der Waals surface area contributed by atoms with E-state index in [1.807, 2.05) is 0 Å². The van der Waals surface area contributed by atoms with Crippen molar-refractivity contribution in [2.24, 2.45) is 23.7 Å². The average Bonchev–Trinajstić information content (AvgIpc) is 3.17. The topological polar surface area (TPSA) is 78.9 Å². The Morgan fingerprint density at radius 2 is 1.85 bits per heavy atom. The maximum atomic E-state index is 13.4. The fourth-order valence-corrected chi connectivity index (χ4v) is 4.63. The van der Waals surface area contributed by atoms with E-state index in [0.29, 0.717) is 6.42 Å². The highest BCUT2D eigenvalue weighted by Crippen LogP contribution is 2.60. The van der Waals surface area contributed by atoms with E-state index in [1.54, 1.807) is 0 Å². The summed E-state index contributed by atoms with van der Waals surface area (Å²) in [5.74, 6) is -14.4. The lowest BCUT2D eigenvalue weighted by molar-refractivity contribution is -0.334. The van der Waals surface area contributed by atoms with Crippen LogP contribution >= 0.6 is 0 Å². The molecule has 0 aromatic heterocycles. The zero-order valence-corrected chi connectivity index (χ0v) is 14.1. The first kappa shape index (κ1) is 18.2. The highest BCUT2D eigenvalue weighted by Gasteiger charge is 2.75. The zero-order valence-electron chi connectivity index (χ0n) is 14.1. The van der Waals surface area contributed by atoms with Crippen molar-refractivity contribution in [2.75, 3.05) is 0 Å². The number of fused-ring (bicyclic) bond motifs is 1. The lowest BCUT2D eigenvalue weighted by Gasteiger charge is -2.43. The van der Waals surface area contributed by atoms with Crippen LogP contribution in [-0.4, -0.2) is 48.1 Å². The highest BCUT2D eigenvalue weighted by molar-refractivity contribution is 5.88. The minimum Gasteiger partial charge on any atom is -0.458 e. The summed E-state index contributed by atoms with van der Waals surface area (Å²) < 4.78 is 67.9. The molecule has 10 heteroatoms. The summed E-state index contributed by atoms with van der Waals surface area (Å²) in [5, 5.41) is 0. The predicted octanol–water partition coefficient (Wildman–Crippen LogP) is 1.87. The third-order valence-corrected chi connectivity index (χ3v) is 6.00. The minimum absolute atomic E-state index is 0.106. The molecule has 0 aromatic rings. The van der Waals surface area contributed by atoms with Gasteiger partial charge >= 0.3 is 29.8 Å². The van der Waals surface area contributed by atoms with Gasteiger partial charge in [-0.05, 0) is 13.3 Å². The molecule has 0 amide bonds. The Kier molecular flexibility index (Phi) is 3.68. The first-order chi connectivity index (χ1) is 12.5. The van der Waals surface area contributed by atoms with Gasteiger partial charge in [-0.2, -0.15) is 17.6 Å². The molecule has 1 heterocycles. The van der Waals surface area contributed by atoms with Gasteiger partial charge in [0.2, 0.25) is 0 Å². The minimum atomic E-state index is -4.45. The SMILES string of the molecule is C=C(C)C(=O)OC1C2CC3C1OC(=O)C3C2C(=O)OC1CC(F)(F)C1(F)F. The lowest BCUT2D eigenvalue weighted by Crippen LogP contribution is -2.64. The van der Waals surface area contributed by atoms with E-state index in [-0.39, 0.29) is 5.57 Å². The fraction of sp³-hybridized carbons (Fsp3) is 0.706. The molecule has 4 aliphatic rings. The molecule has 3 aliphatic carbocycles. The van der Waals surface area contributed by atoms with Crippen molar-refractivity contribution in [1.29, 1.82) is 0 Å². The second-order valence-electron chi connectivity index (χ2n) is 7.62. The van der Waals surface area contributed by atoms with Gasteiger partial charge in [0.1, 0.15) is 12.2 Å². The Balaban J connectivity index is 1.53. The van der Waals surface area contributed by atoms with Crippen LogP contribution in [0, 0.1) is 23.7 Å². The molecule has 6 nitrogen and oxygen atoms in total. The second-order valence-corrected chi connectivity index (χ2v) is 7.62. The van der Waals surface area contributed by atoms with Gasteiger partial charge < -0.3 is 14.2 Å². The van der Waals surface area contributed by atoms with Crippen LogP contribution in [0.1, 0.15) is 19.8 Å². The molecule has 2 bridgehead atoms. The van der Waals surface area contributed by atoms with Gasteiger partial charge in [0, 0.05) is 17.4 Å². The van der Waals surface area contributed by atoms with Crippen LogP contribution in [0.3, 0.4) is 0 Å². The maximum absolute atomic E-state index is 13.4. The van der Waals surface area contributed by atoms with E-state index < -0.39 is 78.2 Å². The highest BCUT2D eigenvalue weighted by atomic mass is 19.3. The summed E-state index contributed by atoms with van der Waals surface area (Å²) in [7, 11) is 0. The van der Waals surface area contributed by atoms with Gasteiger partial charge in [-0.25, -0.2) is 4.79 Å². The van der Waals surface area contributed by atoms with E-state index in [9.17, 15) is 31.9 Å². The van der Waals surface area contributed by atoms with Crippen LogP contribution in [0.4, 0.5) is 17.6 Å². The number of hydrogen-bond donors (Lipinski definition) is 0. The summed E-state index contributed by atoms with van der Waals surface area (Å²) in [6.45, 7) is 4.87. The summed E-state index contributed by atoms with van der Waals surface area (Å²) >= 11 is 0. The van der Waals surface area contributed by atoms with Crippen molar-refractivity contribution in [3.05, 3.63) is 12.2 Å². The van der Waals surface area contributed by atoms with Crippen molar-refractivity contribution in [3.8, 4) is 0 Å². The molecular formula is C17H16F4O6. The normalized spacial score (nSPS) is 42.3. The monoisotopic (exact) mass is 392 g/mol. The molecule has 7 atom stereocenters. The number of carbonyl (C=O) groups excluding carboxylic acids is 3. The molecule has 0 radical (unpaired) electrons. The van der Waals surface area contributed by atoms with Gasteiger partial charge in [-0.1, -0.05) is 6.58 Å². The number of carbonyl (C=O) groups is 3. The van der Waals surface area contributed by atoms with Crippen molar-refractivity contribution < 1.29 is 46.2 Å². The molecule has 148 valence electrons. The quantitative estimate of drug-likeness (QED) is 0.315. The van der Waals surface area contributed by atoms with E-state index in [1.165, 1.54) is 6.92 Å². The number of halogens is 4.